The SMILES string of the molecule is O=C(NCc1ccc(C(=O)Nc2nnc(C3CC3)s2)cc1)OCc1c(F)cc(F)cc1F. The van der Waals surface area contributed by atoms with Gasteiger partial charge in [0.25, 0.3) is 5.91 Å². The highest BCUT2D eigenvalue weighted by Gasteiger charge is 2.27. The zero-order valence-corrected chi connectivity index (χ0v) is 17.3. The predicted molar refractivity (Wildman–Crippen MR) is 110 cm³/mol. The molecule has 1 heterocycles. The summed E-state index contributed by atoms with van der Waals surface area (Å²) in [5, 5.41) is 14.6. The minimum atomic E-state index is -1.14. The second kappa shape index (κ2) is 9.35. The number of carbonyl (C=O) groups excluding carboxylic acids is 2. The Labute approximate surface area is 184 Å². The second-order valence-corrected chi connectivity index (χ2v) is 8.16. The lowest BCUT2D eigenvalue weighted by molar-refractivity contribution is 0.102. The van der Waals surface area contributed by atoms with Gasteiger partial charge in [-0.15, -0.1) is 10.2 Å². The maximum absolute atomic E-state index is 13.6. The van der Waals surface area contributed by atoms with Crippen molar-refractivity contribution >= 4 is 28.5 Å². The van der Waals surface area contributed by atoms with Gasteiger partial charge in [0.1, 0.15) is 29.1 Å². The highest BCUT2D eigenvalue weighted by molar-refractivity contribution is 7.15. The normalized spacial score (nSPS) is 13.0. The molecule has 7 nitrogen and oxygen atoms in total. The first-order valence-electron chi connectivity index (χ1n) is 9.67. The Bertz CT molecular complexity index is 1130. The van der Waals surface area contributed by atoms with Crippen LogP contribution in [0, 0.1) is 17.5 Å². The molecule has 0 radical (unpaired) electrons. The molecule has 2 aromatic carbocycles. The van der Waals surface area contributed by atoms with Crippen molar-refractivity contribution in [2.75, 3.05) is 5.32 Å². The van der Waals surface area contributed by atoms with Crippen LogP contribution in [0.2, 0.25) is 0 Å². The van der Waals surface area contributed by atoms with Gasteiger partial charge in [0, 0.05) is 30.2 Å². The van der Waals surface area contributed by atoms with Crippen molar-refractivity contribution < 1.29 is 27.5 Å². The Morgan fingerprint density at radius 1 is 1.06 bits per heavy atom. The molecule has 4 rings (SSSR count). The number of aromatic nitrogens is 2. The Morgan fingerprint density at radius 2 is 1.75 bits per heavy atom. The van der Waals surface area contributed by atoms with Gasteiger partial charge in [0.05, 0.1) is 5.56 Å². The maximum Gasteiger partial charge on any atom is 0.407 e. The van der Waals surface area contributed by atoms with Crippen molar-refractivity contribution in [1.29, 1.82) is 0 Å². The van der Waals surface area contributed by atoms with Gasteiger partial charge in [-0.1, -0.05) is 23.5 Å². The van der Waals surface area contributed by atoms with Crippen LogP contribution in [0.5, 0.6) is 0 Å². The molecule has 1 aliphatic carbocycles. The zero-order valence-electron chi connectivity index (χ0n) is 16.5. The highest BCUT2D eigenvalue weighted by atomic mass is 32.1. The van der Waals surface area contributed by atoms with Crippen molar-refractivity contribution in [3.63, 3.8) is 0 Å². The van der Waals surface area contributed by atoms with Crippen LogP contribution in [0.15, 0.2) is 36.4 Å². The summed E-state index contributed by atoms with van der Waals surface area (Å²) in [6.07, 6.45) is 1.30. The number of nitrogens with one attached hydrogen (secondary N) is 2. The number of amides is 2. The number of anilines is 1. The van der Waals surface area contributed by atoms with Gasteiger partial charge < -0.3 is 10.1 Å². The summed E-state index contributed by atoms with van der Waals surface area (Å²) in [6.45, 7) is -0.618. The highest BCUT2D eigenvalue weighted by Crippen LogP contribution is 2.42. The fraction of sp³-hybridized carbons (Fsp3) is 0.238. The van der Waals surface area contributed by atoms with E-state index in [0.717, 1.165) is 17.8 Å². The maximum atomic E-state index is 13.6. The number of alkyl carbamates (subject to hydrolysis) is 1. The van der Waals surface area contributed by atoms with Crippen LogP contribution in [0.1, 0.15) is 45.3 Å². The van der Waals surface area contributed by atoms with Crippen molar-refractivity contribution in [3.8, 4) is 0 Å². The molecule has 32 heavy (non-hydrogen) atoms. The fourth-order valence-electron chi connectivity index (χ4n) is 2.80. The van der Waals surface area contributed by atoms with Gasteiger partial charge in [-0.2, -0.15) is 0 Å². The molecular formula is C21H17F3N4O3S. The fourth-order valence-corrected chi connectivity index (χ4v) is 3.70. The largest absolute Gasteiger partial charge is 0.444 e. The van der Waals surface area contributed by atoms with Crippen LogP contribution in [0.4, 0.5) is 23.1 Å². The third kappa shape index (κ3) is 5.41. The topological polar surface area (TPSA) is 93.2 Å². The summed E-state index contributed by atoms with van der Waals surface area (Å²) >= 11 is 1.37. The number of benzene rings is 2. The summed E-state index contributed by atoms with van der Waals surface area (Å²) in [6, 6.07) is 7.48. The van der Waals surface area contributed by atoms with E-state index < -0.39 is 35.7 Å². The van der Waals surface area contributed by atoms with Gasteiger partial charge in [0.2, 0.25) is 5.13 Å². The van der Waals surface area contributed by atoms with E-state index in [2.05, 4.69) is 20.8 Å². The van der Waals surface area contributed by atoms with Crippen LogP contribution < -0.4 is 10.6 Å². The molecule has 11 heteroatoms. The van der Waals surface area contributed by atoms with Crippen molar-refractivity contribution in [1.82, 2.24) is 15.5 Å². The average Bonchev–Trinajstić information content (AvgIpc) is 3.51. The molecule has 1 aromatic heterocycles. The predicted octanol–water partition coefficient (Wildman–Crippen LogP) is 4.51. The van der Waals surface area contributed by atoms with Gasteiger partial charge in [-0.05, 0) is 30.5 Å². The first-order valence-corrected chi connectivity index (χ1v) is 10.5. The molecule has 0 unspecified atom stereocenters. The lowest BCUT2D eigenvalue weighted by Gasteiger charge is -2.09. The zero-order chi connectivity index (χ0) is 22.7. The Kier molecular flexibility index (Phi) is 6.35. The van der Waals surface area contributed by atoms with E-state index >= 15 is 0 Å². The van der Waals surface area contributed by atoms with Crippen LogP contribution in [-0.4, -0.2) is 22.2 Å². The summed E-state index contributed by atoms with van der Waals surface area (Å²) in [7, 11) is 0. The van der Waals surface area contributed by atoms with E-state index in [0.29, 0.717) is 34.3 Å². The summed E-state index contributed by atoms with van der Waals surface area (Å²) < 4.78 is 44.8. The van der Waals surface area contributed by atoms with Crippen LogP contribution >= 0.6 is 11.3 Å². The molecule has 0 saturated heterocycles. The van der Waals surface area contributed by atoms with Gasteiger partial charge in [-0.3, -0.25) is 10.1 Å². The molecule has 2 N–H and O–H groups in total. The van der Waals surface area contributed by atoms with E-state index in [1.165, 1.54) is 11.3 Å². The number of hydrogen-bond acceptors (Lipinski definition) is 6. The second-order valence-electron chi connectivity index (χ2n) is 7.15. The van der Waals surface area contributed by atoms with E-state index in [4.69, 9.17) is 4.74 Å². The lowest BCUT2D eigenvalue weighted by atomic mass is 10.1. The van der Waals surface area contributed by atoms with Gasteiger partial charge >= 0.3 is 6.09 Å². The van der Waals surface area contributed by atoms with Crippen molar-refractivity contribution in [2.24, 2.45) is 0 Å². The number of ether oxygens (including phenoxy) is 1. The molecule has 2 amide bonds. The molecule has 1 saturated carbocycles. The van der Waals surface area contributed by atoms with E-state index in [-0.39, 0.29) is 12.5 Å². The van der Waals surface area contributed by atoms with Gasteiger partial charge in [0.15, 0.2) is 0 Å². The molecule has 1 aliphatic rings. The molecule has 0 aliphatic heterocycles. The monoisotopic (exact) mass is 462 g/mol. The standard InChI is InChI=1S/C21H17F3N4O3S/c22-14-7-16(23)15(17(24)8-14)10-31-21(30)25-9-11-1-3-12(4-2-11)18(29)26-20-28-27-19(32-20)13-5-6-13/h1-4,7-8,13H,5-6,9-10H2,(H,25,30)(H,26,28,29). The Morgan fingerprint density at radius 3 is 2.41 bits per heavy atom. The average molecular weight is 462 g/mol. The van der Waals surface area contributed by atoms with Crippen molar-refractivity contribution in [2.45, 2.75) is 31.9 Å². The number of halogens is 3. The van der Waals surface area contributed by atoms with E-state index in [1.807, 2.05) is 0 Å². The number of hydrogen-bond donors (Lipinski definition) is 2. The minimum absolute atomic E-state index is 0.0657. The summed E-state index contributed by atoms with van der Waals surface area (Å²) in [5.74, 6) is -3.20. The molecule has 0 atom stereocenters. The quantitative estimate of drug-likeness (QED) is 0.539. The number of carbonyl (C=O) groups is 2. The molecule has 3 aromatic rings. The molecule has 166 valence electrons. The summed E-state index contributed by atoms with van der Waals surface area (Å²) in [5.41, 5.74) is 0.530. The minimum Gasteiger partial charge on any atom is -0.444 e. The molecule has 0 bridgehead atoms. The van der Waals surface area contributed by atoms with Crippen LogP contribution in [0.3, 0.4) is 0 Å². The Balaban J connectivity index is 1.25. The molecular weight excluding hydrogens is 445 g/mol. The smallest absolute Gasteiger partial charge is 0.407 e. The van der Waals surface area contributed by atoms with Crippen molar-refractivity contribution in [3.05, 3.63) is 75.5 Å². The van der Waals surface area contributed by atoms with Crippen LogP contribution in [0.25, 0.3) is 0 Å². The molecule has 1 fully saturated rings. The molecule has 0 spiro atoms. The Hall–Kier alpha value is -3.47. The first kappa shape index (κ1) is 21.8. The van der Waals surface area contributed by atoms with E-state index in [9.17, 15) is 22.8 Å². The number of rotatable bonds is 7. The number of nitrogens with zero attached hydrogens (tertiary/aromatic N) is 2. The first-order chi connectivity index (χ1) is 15.4. The van der Waals surface area contributed by atoms with E-state index in [1.54, 1.807) is 24.3 Å². The van der Waals surface area contributed by atoms with Gasteiger partial charge in [-0.25, -0.2) is 18.0 Å². The van der Waals surface area contributed by atoms with Crippen LogP contribution in [-0.2, 0) is 17.9 Å². The third-order valence-corrected chi connectivity index (χ3v) is 5.70. The third-order valence-electron chi connectivity index (χ3n) is 4.69. The lowest BCUT2D eigenvalue weighted by Crippen LogP contribution is -2.24. The summed E-state index contributed by atoms with van der Waals surface area (Å²) in [4.78, 5) is 24.1.